The molecule has 2 rings (SSSR count). The molecule has 0 N–H and O–H groups in total. The van der Waals surface area contributed by atoms with Crippen LogP contribution >= 0.6 is 22.9 Å². The average Bonchev–Trinajstić information content (AvgIpc) is 2.79. The molecule has 1 aromatic heterocycles. The number of esters is 1. The second-order valence-corrected chi connectivity index (χ2v) is 4.67. The minimum Gasteiger partial charge on any atom is -0.462 e. The first-order chi connectivity index (χ1) is 8.22. The van der Waals surface area contributed by atoms with Crippen molar-refractivity contribution >= 4 is 28.9 Å². The molecule has 1 heterocycles. The molecule has 0 aliphatic carbocycles. The van der Waals surface area contributed by atoms with E-state index in [1.165, 1.54) is 17.5 Å². The van der Waals surface area contributed by atoms with Crippen LogP contribution in [0.4, 0.5) is 0 Å². The van der Waals surface area contributed by atoms with Gasteiger partial charge in [-0.25, -0.2) is 9.78 Å². The smallest absolute Gasteiger partial charge is 0.349 e. The standard InChI is InChI=1S/C12H10ClNO2S/c1-2-16-12(15)10-7-14-11(17-10)8-5-3-4-6-9(8)13/h3-7H,2H2,1H3. The van der Waals surface area contributed by atoms with E-state index in [2.05, 4.69) is 4.98 Å². The maximum atomic E-state index is 11.5. The van der Waals surface area contributed by atoms with Crippen molar-refractivity contribution in [3.63, 3.8) is 0 Å². The summed E-state index contributed by atoms with van der Waals surface area (Å²) in [5.74, 6) is -0.344. The number of benzene rings is 1. The van der Waals surface area contributed by atoms with Crippen molar-refractivity contribution < 1.29 is 9.53 Å². The van der Waals surface area contributed by atoms with Gasteiger partial charge in [-0.2, -0.15) is 0 Å². The molecule has 3 nitrogen and oxygen atoms in total. The summed E-state index contributed by atoms with van der Waals surface area (Å²) >= 11 is 7.34. The first-order valence-electron chi connectivity index (χ1n) is 5.10. The van der Waals surface area contributed by atoms with Crippen LogP contribution in [0.2, 0.25) is 5.02 Å². The lowest BCUT2D eigenvalue weighted by Crippen LogP contribution is -2.01. The summed E-state index contributed by atoms with van der Waals surface area (Å²) < 4.78 is 4.91. The van der Waals surface area contributed by atoms with Gasteiger partial charge in [-0.05, 0) is 13.0 Å². The fourth-order valence-electron chi connectivity index (χ4n) is 1.33. The van der Waals surface area contributed by atoms with E-state index in [-0.39, 0.29) is 5.97 Å². The lowest BCUT2D eigenvalue weighted by Gasteiger charge is -1.98. The van der Waals surface area contributed by atoms with E-state index < -0.39 is 0 Å². The van der Waals surface area contributed by atoms with E-state index in [1.807, 2.05) is 18.2 Å². The summed E-state index contributed by atoms with van der Waals surface area (Å²) in [6, 6.07) is 7.40. The second kappa shape index (κ2) is 5.29. The molecule has 5 heteroatoms. The van der Waals surface area contributed by atoms with Crippen LogP contribution in [-0.4, -0.2) is 17.6 Å². The van der Waals surface area contributed by atoms with Gasteiger partial charge in [0.2, 0.25) is 0 Å². The molecule has 0 aliphatic heterocycles. The molecule has 2 aromatic rings. The van der Waals surface area contributed by atoms with Crippen molar-refractivity contribution in [3.05, 3.63) is 40.4 Å². The number of carbonyl (C=O) groups excluding carboxylic acids is 1. The Kier molecular flexibility index (Phi) is 3.76. The van der Waals surface area contributed by atoms with Crippen LogP contribution in [0.1, 0.15) is 16.6 Å². The maximum absolute atomic E-state index is 11.5. The van der Waals surface area contributed by atoms with Crippen molar-refractivity contribution in [2.45, 2.75) is 6.92 Å². The van der Waals surface area contributed by atoms with Gasteiger partial charge in [-0.1, -0.05) is 29.8 Å². The number of thiazole rings is 1. The first kappa shape index (κ1) is 12.1. The lowest BCUT2D eigenvalue weighted by atomic mass is 10.2. The Labute approximate surface area is 108 Å². The van der Waals surface area contributed by atoms with Crippen LogP contribution in [0.3, 0.4) is 0 Å². The topological polar surface area (TPSA) is 39.2 Å². The number of hydrogen-bond donors (Lipinski definition) is 0. The molecule has 0 radical (unpaired) electrons. The molecule has 1 aromatic carbocycles. The Bertz CT molecular complexity index is 539. The van der Waals surface area contributed by atoms with Crippen molar-refractivity contribution in [2.75, 3.05) is 6.61 Å². The van der Waals surface area contributed by atoms with E-state index in [0.29, 0.717) is 16.5 Å². The van der Waals surface area contributed by atoms with Gasteiger partial charge >= 0.3 is 5.97 Å². The highest BCUT2D eigenvalue weighted by atomic mass is 35.5. The summed E-state index contributed by atoms with van der Waals surface area (Å²) in [5, 5.41) is 1.34. The number of halogens is 1. The Balaban J connectivity index is 2.30. The summed E-state index contributed by atoms with van der Waals surface area (Å²) in [7, 11) is 0. The predicted molar refractivity (Wildman–Crippen MR) is 68.5 cm³/mol. The van der Waals surface area contributed by atoms with Crippen LogP contribution in [-0.2, 0) is 4.74 Å². The van der Waals surface area contributed by atoms with Gasteiger partial charge in [0.1, 0.15) is 9.88 Å². The molecule has 0 saturated heterocycles. The fourth-order valence-corrected chi connectivity index (χ4v) is 2.46. The Morgan fingerprint density at radius 2 is 2.24 bits per heavy atom. The molecule has 0 atom stereocenters. The minimum atomic E-state index is -0.344. The number of rotatable bonds is 3. The van der Waals surface area contributed by atoms with Crippen molar-refractivity contribution in [2.24, 2.45) is 0 Å². The van der Waals surface area contributed by atoms with Gasteiger partial charge in [-0.15, -0.1) is 11.3 Å². The monoisotopic (exact) mass is 267 g/mol. The minimum absolute atomic E-state index is 0.344. The molecule has 0 saturated carbocycles. The normalized spacial score (nSPS) is 10.2. The van der Waals surface area contributed by atoms with Crippen molar-refractivity contribution in [1.82, 2.24) is 4.98 Å². The third-order valence-electron chi connectivity index (χ3n) is 2.09. The van der Waals surface area contributed by atoms with Crippen LogP contribution in [0.25, 0.3) is 10.6 Å². The lowest BCUT2D eigenvalue weighted by molar-refractivity contribution is 0.0532. The molecule has 0 fully saturated rings. The third-order valence-corrected chi connectivity index (χ3v) is 3.43. The zero-order valence-electron chi connectivity index (χ0n) is 9.14. The summed E-state index contributed by atoms with van der Waals surface area (Å²) in [5.41, 5.74) is 0.828. The summed E-state index contributed by atoms with van der Waals surface area (Å²) in [6.45, 7) is 2.13. The fraction of sp³-hybridized carbons (Fsp3) is 0.167. The number of carbonyl (C=O) groups is 1. The summed E-state index contributed by atoms with van der Waals surface area (Å²) in [4.78, 5) is 16.2. The number of ether oxygens (including phenoxy) is 1. The Morgan fingerprint density at radius 3 is 2.94 bits per heavy atom. The van der Waals surface area contributed by atoms with Crippen LogP contribution in [0, 0.1) is 0 Å². The average molecular weight is 268 g/mol. The van der Waals surface area contributed by atoms with Crippen LogP contribution < -0.4 is 0 Å². The van der Waals surface area contributed by atoms with Gasteiger partial charge in [0.05, 0.1) is 17.8 Å². The molecular weight excluding hydrogens is 258 g/mol. The highest BCUT2D eigenvalue weighted by molar-refractivity contribution is 7.16. The van der Waals surface area contributed by atoms with E-state index in [1.54, 1.807) is 13.0 Å². The molecule has 0 unspecified atom stereocenters. The van der Waals surface area contributed by atoms with E-state index >= 15 is 0 Å². The predicted octanol–water partition coefficient (Wildman–Crippen LogP) is 3.64. The largest absolute Gasteiger partial charge is 0.462 e. The molecular formula is C12H10ClNO2S. The Morgan fingerprint density at radius 1 is 1.47 bits per heavy atom. The van der Waals surface area contributed by atoms with Gasteiger partial charge < -0.3 is 4.74 Å². The van der Waals surface area contributed by atoms with Gasteiger partial charge in [0, 0.05) is 5.56 Å². The van der Waals surface area contributed by atoms with E-state index in [9.17, 15) is 4.79 Å². The van der Waals surface area contributed by atoms with Gasteiger partial charge in [0.25, 0.3) is 0 Å². The highest BCUT2D eigenvalue weighted by Crippen LogP contribution is 2.31. The van der Waals surface area contributed by atoms with Crippen molar-refractivity contribution in [3.8, 4) is 10.6 Å². The molecule has 0 spiro atoms. The van der Waals surface area contributed by atoms with Crippen LogP contribution in [0.5, 0.6) is 0 Å². The second-order valence-electron chi connectivity index (χ2n) is 3.23. The number of hydrogen-bond acceptors (Lipinski definition) is 4. The number of aromatic nitrogens is 1. The molecule has 88 valence electrons. The van der Waals surface area contributed by atoms with E-state index in [0.717, 1.165) is 10.6 Å². The molecule has 17 heavy (non-hydrogen) atoms. The zero-order chi connectivity index (χ0) is 12.3. The third kappa shape index (κ3) is 2.65. The Hall–Kier alpha value is -1.39. The van der Waals surface area contributed by atoms with E-state index in [4.69, 9.17) is 16.3 Å². The molecule has 0 bridgehead atoms. The summed E-state index contributed by atoms with van der Waals surface area (Å²) in [6.07, 6.45) is 1.52. The number of nitrogens with zero attached hydrogens (tertiary/aromatic N) is 1. The quantitative estimate of drug-likeness (QED) is 0.797. The zero-order valence-corrected chi connectivity index (χ0v) is 10.7. The first-order valence-corrected chi connectivity index (χ1v) is 6.29. The SMILES string of the molecule is CCOC(=O)c1cnc(-c2ccccc2Cl)s1. The van der Waals surface area contributed by atoms with Gasteiger partial charge in [-0.3, -0.25) is 0 Å². The highest BCUT2D eigenvalue weighted by Gasteiger charge is 2.13. The van der Waals surface area contributed by atoms with Crippen molar-refractivity contribution in [1.29, 1.82) is 0 Å². The molecule has 0 amide bonds. The van der Waals surface area contributed by atoms with Gasteiger partial charge in [0.15, 0.2) is 0 Å². The molecule has 0 aliphatic rings. The van der Waals surface area contributed by atoms with Crippen LogP contribution in [0.15, 0.2) is 30.5 Å². The maximum Gasteiger partial charge on any atom is 0.349 e.